The summed E-state index contributed by atoms with van der Waals surface area (Å²) in [6, 6.07) is 0. The van der Waals surface area contributed by atoms with Gasteiger partial charge in [0.15, 0.2) is 0 Å². The molecule has 2 N–H and O–H groups in total. The highest BCUT2D eigenvalue weighted by atomic mass is 32.2. The number of ether oxygens (including phenoxy) is 1. The van der Waals surface area contributed by atoms with Crippen molar-refractivity contribution in [1.29, 1.82) is 0 Å². The molecule has 1 rings (SSSR count). The van der Waals surface area contributed by atoms with Crippen molar-refractivity contribution in [2.75, 3.05) is 38.2 Å². The van der Waals surface area contributed by atoms with Crippen molar-refractivity contribution in [3.8, 4) is 0 Å². The first-order valence-corrected chi connectivity index (χ1v) is 7.16. The van der Waals surface area contributed by atoms with E-state index in [4.69, 9.17) is 4.74 Å². The first kappa shape index (κ1) is 13.6. The van der Waals surface area contributed by atoms with Crippen LogP contribution in [0.1, 0.15) is 13.3 Å². The summed E-state index contributed by atoms with van der Waals surface area (Å²) in [4.78, 5) is 11.3. The normalized spacial score (nSPS) is 19.9. The molecule has 1 aliphatic heterocycles. The fraction of sp³-hybridized carbons (Fsp3) is 0.900. The number of carbonyl (C=O) groups excluding carboxylic acids is 1. The van der Waals surface area contributed by atoms with E-state index in [1.54, 1.807) is 6.26 Å². The Morgan fingerprint density at radius 3 is 2.75 bits per heavy atom. The van der Waals surface area contributed by atoms with Crippen molar-refractivity contribution >= 4 is 16.7 Å². The zero-order valence-electron chi connectivity index (χ0n) is 9.88. The van der Waals surface area contributed by atoms with E-state index in [1.165, 1.54) is 0 Å². The van der Waals surface area contributed by atoms with E-state index in [9.17, 15) is 9.00 Å². The van der Waals surface area contributed by atoms with E-state index in [-0.39, 0.29) is 18.1 Å². The van der Waals surface area contributed by atoms with Gasteiger partial charge in [-0.15, -0.1) is 0 Å². The highest BCUT2D eigenvalue weighted by molar-refractivity contribution is 7.84. The number of amides is 1. The van der Waals surface area contributed by atoms with Crippen molar-refractivity contribution < 1.29 is 13.7 Å². The van der Waals surface area contributed by atoms with Gasteiger partial charge >= 0.3 is 0 Å². The lowest BCUT2D eigenvalue weighted by Crippen LogP contribution is -2.59. The Bertz CT molecular complexity index is 267. The van der Waals surface area contributed by atoms with Gasteiger partial charge in [0.05, 0.1) is 5.60 Å². The highest BCUT2D eigenvalue weighted by Gasteiger charge is 2.32. The van der Waals surface area contributed by atoms with Crippen molar-refractivity contribution in [3.63, 3.8) is 0 Å². The summed E-state index contributed by atoms with van der Waals surface area (Å²) in [7, 11) is -0.781. The smallest absolute Gasteiger partial charge is 0.246 e. The minimum absolute atomic E-state index is 0.102. The molecule has 1 unspecified atom stereocenters. The van der Waals surface area contributed by atoms with Crippen molar-refractivity contribution in [2.45, 2.75) is 18.9 Å². The van der Waals surface area contributed by atoms with Crippen LogP contribution in [-0.4, -0.2) is 54.0 Å². The molecule has 1 amide bonds. The third kappa shape index (κ3) is 5.05. The van der Waals surface area contributed by atoms with Gasteiger partial charge in [0.1, 0.15) is 6.61 Å². The molecule has 0 radical (unpaired) electrons. The van der Waals surface area contributed by atoms with Gasteiger partial charge in [0, 0.05) is 42.4 Å². The van der Waals surface area contributed by atoms with Crippen molar-refractivity contribution in [3.05, 3.63) is 0 Å². The molecule has 6 heteroatoms. The molecule has 1 saturated heterocycles. The number of carbonyl (C=O) groups is 1. The zero-order valence-corrected chi connectivity index (χ0v) is 10.7. The molecule has 1 aliphatic rings. The Labute approximate surface area is 98.8 Å². The quantitative estimate of drug-likeness (QED) is 0.582. The summed E-state index contributed by atoms with van der Waals surface area (Å²) in [5, 5.41) is 5.84. The largest absolute Gasteiger partial charge is 0.363 e. The molecule has 1 atom stereocenters. The maximum absolute atomic E-state index is 11.3. The molecular formula is C10H20N2O3S. The van der Waals surface area contributed by atoms with E-state index in [1.807, 2.05) is 6.92 Å². The molecule has 0 bridgehead atoms. The van der Waals surface area contributed by atoms with Crippen LogP contribution in [0.4, 0.5) is 0 Å². The summed E-state index contributed by atoms with van der Waals surface area (Å²) in [5.74, 6) is 0.526. The summed E-state index contributed by atoms with van der Waals surface area (Å²) >= 11 is 0. The Morgan fingerprint density at radius 1 is 1.56 bits per heavy atom. The predicted octanol–water partition coefficient (Wildman–Crippen LogP) is -0.750. The summed E-state index contributed by atoms with van der Waals surface area (Å²) in [5.41, 5.74) is -0.178. The molecule has 0 aliphatic carbocycles. The lowest BCUT2D eigenvalue weighted by atomic mass is 10.0. The average molecular weight is 248 g/mol. The molecule has 0 aromatic rings. The zero-order chi connectivity index (χ0) is 12.0. The van der Waals surface area contributed by atoms with Crippen LogP contribution in [0.15, 0.2) is 0 Å². The van der Waals surface area contributed by atoms with Crippen LogP contribution in [0.3, 0.4) is 0 Å². The van der Waals surface area contributed by atoms with Gasteiger partial charge in [0.25, 0.3) is 0 Å². The lowest BCUT2D eigenvalue weighted by molar-refractivity contribution is -0.135. The minimum Gasteiger partial charge on any atom is -0.363 e. The molecule has 0 spiro atoms. The maximum Gasteiger partial charge on any atom is 0.246 e. The number of nitrogens with one attached hydrogen (secondary N) is 2. The fourth-order valence-corrected chi connectivity index (χ4v) is 1.92. The van der Waals surface area contributed by atoms with Crippen LogP contribution in [0.25, 0.3) is 0 Å². The topological polar surface area (TPSA) is 67.4 Å². The second-order valence-corrected chi connectivity index (χ2v) is 5.88. The lowest BCUT2D eigenvalue weighted by Gasteiger charge is -2.38. The first-order valence-electron chi connectivity index (χ1n) is 5.43. The van der Waals surface area contributed by atoms with Crippen LogP contribution >= 0.6 is 0 Å². The molecule has 16 heavy (non-hydrogen) atoms. The van der Waals surface area contributed by atoms with Gasteiger partial charge in [-0.1, -0.05) is 0 Å². The van der Waals surface area contributed by atoms with E-state index < -0.39 is 10.8 Å². The van der Waals surface area contributed by atoms with E-state index in [0.29, 0.717) is 12.3 Å². The summed E-state index contributed by atoms with van der Waals surface area (Å²) in [6.45, 7) is 4.26. The second kappa shape index (κ2) is 6.32. The third-order valence-electron chi connectivity index (χ3n) is 2.48. The van der Waals surface area contributed by atoms with Gasteiger partial charge < -0.3 is 15.4 Å². The molecule has 0 aromatic heterocycles. The Balaban J connectivity index is 2.00. The minimum atomic E-state index is -0.781. The molecule has 1 fully saturated rings. The average Bonchev–Trinajstić information content (AvgIpc) is 2.18. The van der Waals surface area contributed by atoms with Gasteiger partial charge in [-0.2, -0.15) is 0 Å². The molecule has 1 heterocycles. The monoisotopic (exact) mass is 248 g/mol. The van der Waals surface area contributed by atoms with Crippen LogP contribution < -0.4 is 10.6 Å². The molecular weight excluding hydrogens is 228 g/mol. The molecule has 5 nitrogen and oxygen atoms in total. The van der Waals surface area contributed by atoms with Crippen LogP contribution in [0.5, 0.6) is 0 Å². The van der Waals surface area contributed by atoms with E-state index >= 15 is 0 Å². The molecule has 94 valence electrons. The number of rotatable bonds is 7. The molecule has 0 saturated carbocycles. The predicted molar refractivity (Wildman–Crippen MR) is 63.8 cm³/mol. The number of hydrogen-bond donors (Lipinski definition) is 2. The SMILES string of the molecule is CS(=O)CCCNC(=O)COC1(C)CNC1. The van der Waals surface area contributed by atoms with Gasteiger partial charge in [-0.3, -0.25) is 9.00 Å². The van der Waals surface area contributed by atoms with E-state index in [2.05, 4.69) is 10.6 Å². The van der Waals surface area contributed by atoms with Crippen molar-refractivity contribution in [2.24, 2.45) is 0 Å². The van der Waals surface area contributed by atoms with Crippen LogP contribution in [0.2, 0.25) is 0 Å². The van der Waals surface area contributed by atoms with Gasteiger partial charge in [0.2, 0.25) is 5.91 Å². The highest BCUT2D eigenvalue weighted by Crippen LogP contribution is 2.14. The summed E-state index contributed by atoms with van der Waals surface area (Å²) in [6.07, 6.45) is 2.41. The maximum atomic E-state index is 11.3. The van der Waals surface area contributed by atoms with Gasteiger partial charge in [-0.25, -0.2) is 0 Å². The Morgan fingerprint density at radius 2 is 2.25 bits per heavy atom. The molecule has 0 aromatic carbocycles. The van der Waals surface area contributed by atoms with Crippen LogP contribution in [-0.2, 0) is 20.3 Å². The van der Waals surface area contributed by atoms with Crippen molar-refractivity contribution in [1.82, 2.24) is 10.6 Å². The Hall–Kier alpha value is -0.460. The Kier molecular flexibility index (Phi) is 5.37. The fourth-order valence-electron chi connectivity index (χ4n) is 1.37. The standard InChI is InChI=1S/C10H20N2O3S/c1-10(7-11-8-10)15-6-9(13)12-4-3-5-16(2)14/h11H,3-8H2,1-2H3,(H,12,13). The van der Waals surface area contributed by atoms with Gasteiger partial charge in [-0.05, 0) is 13.3 Å². The van der Waals surface area contributed by atoms with Crippen LogP contribution in [0, 0.1) is 0 Å². The third-order valence-corrected chi connectivity index (χ3v) is 3.34. The second-order valence-electron chi connectivity index (χ2n) is 4.32. The first-order chi connectivity index (χ1) is 7.52. The summed E-state index contributed by atoms with van der Waals surface area (Å²) < 4.78 is 16.2. The van der Waals surface area contributed by atoms with E-state index in [0.717, 1.165) is 19.5 Å². The number of hydrogen-bond acceptors (Lipinski definition) is 4.